The third-order valence-electron chi connectivity index (χ3n) is 3.63. The van der Waals surface area contributed by atoms with E-state index in [1.807, 2.05) is 0 Å². The van der Waals surface area contributed by atoms with E-state index in [1.165, 1.54) is 25.7 Å². The summed E-state index contributed by atoms with van der Waals surface area (Å²) < 4.78 is 2.37. The third-order valence-corrected chi connectivity index (χ3v) is 3.63. The van der Waals surface area contributed by atoms with E-state index in [2.05, 4.69) is 47.8 Å². The van der Waals surface area contributed by atoms with E-state index in [-0.39, 0.29) is 5.54 Å². The van der Waals surface area contributed by atoms with Gasteiger partial charge in [-0.2, -0.15) is 0 Å². The fraction of sp³-hybridized carbons (Fsp3) is 0.857. The molecule has 1 fully saturated rings. The molecule has 0 aliphatic heterocycles. The molecule has 1 aromatic heterocycles. The van der Waals surface area contributed by atoms with Gasteiger partial charge in [-0.25, -0.2) is 0 Å². The first-order valence-corrected chi connectivity index (χ1v) is 7.13. The highest BCUT2D eigenvalue weighted by molar-refractivity contribution is 4.99. The Kier molecular flexibility index (Phi) is 4.05. The molecule has 1 N–H and O–H groups in total. The van der Waals surface area contributed by atoms with E-state index in [4.69, 9.17) is 0 Å². The average molecular weight is 250 g/mol. The van der Waals surface area contributed by atoms with Gasteiger partial charge in [0, 0.05) is 24.5 Å². The first kappa shape index (κ1) is 13.5. The summed E-state index contributed by atoms with van der Waals surface area (Å²) in [4.78, 5) is 0. The monoisotopic (exact) mass is 250 g/mol. The van der Waals surface area contributed by atoms with Crippen LogP contribution in [0.2, 0.25) is 0 Å². The normalized spacial score (nSPS) is 17.6. The van der Waals surface area contributed by atoms with Crippen LogP contribution in [0.1, 0.15) is 64.1 Å². The highest BCUT2D eigenvalue weighted by Crippen LogP contribution is 2.31. The summed E-state index contributed by atoms with van der Waals surface area (Å²) in [6, 6.07) is 0.643. The van der Waals surface area contributed by atoms with Crippen LogP contribution >= 0.6 is 0 Å². The minimum Gasteiger partial charge on any atom is -0.312 e. The van der Waals surface area contributed by atoms with Crippen molar-refractivity contribution in [3.63, 3.8) is 0 Å². The van der Waals surface area contributed by atoms with Crippen LogP contribution in [0.4, 0.5) is 0 Å². The molecule has 0 spiro atoms. The number of aromatic nitrogens is 3. The second kappa shape index (κ2) is 5.39. The number of aryl methyl sites for hydroxylation is 1. The largest absolute Gasteiger partial charge is 0.312 e. The lowest BCUT2D eigenvalue weighted by atomic mass is 10.1. The molecule has 1 saturated carbocycles. The first-order valence-electron chi connectivity index (χ1n) is 7.13. The summed E-state index contributed by atoms with van der Waals surface area (Å²) >= 11 is 0. The molecule has 0 saturated heterocycles. The Balaban J connectivity index is 2.00. The lowest BCUT2D eigenvalue weighted by Gasteiger charge is -2.21. The van der Waals surface area contributed by atoms with Crippen LogP contribution in [0.5, 0.6) is 0 Å². The van der Waals surface area contributed by atoms with Crippen molar-refractivity contribution in [1.82, 2.24) is 20.1 Å². The Bertz CT molecular complexity index is 383. The van der Waals surface area contributed by atoms with E-state index in [0.29, 0.717) is 6.04 Å². The minimum atomic E-state index is 0.174. The van der Waals surface area contributed by atoms with Crippen molar-refractivity contribution in [3.8, 4) is 0 Å². The van der Waals surface area contributed by atoms with Gasteiger partial charge in [0.05, 0.1) is 0 Å². The van der Waals surface area contributed by atoms with Crippen molar-refractivity contribution in [2.24, 2.45) is 0 Å². The molecular weight excluding hydrogens is 224 g/mol. The van der Waals surface area contributed by atoms with Crippen LogP contribution in [0.3, 0.4) is 0 Å². The Morgan fingerprint density at radius 2 is 1.89 bits per heavy atom. The molecule has 0 aromatic carbocycles. The first-order chi connectivity index (χ1) is 8.47. The standard InChI is InChI=1S/C14H26N4/c1-11-16-17-13(9-10-15-14(2,3)4)18(11)12-7-5-6-8-12/h12,15H,5-10H2,1-4H3. The van der Waals surface area contributed by atoms with Crippen molar-refractivity contribution < 1.29 is 0 Å². The maximum absolute atomic E-state index is 4.35. The van der Waals surface area contributed by atoms with Gasteiger partial charge in [-0.05, 0) is 40.5 Å². The fourth-order valence-corrected chi connectivity index (χ4v) is 2.77. The molecule has 4 nitrogen and oxygen atoms in total. The van der Waals surface area contributed by atoms with Crippen molar-refractivity contribution in [2.45, 2.75) is 71.4 Å². The predicted octanol–water partition coefficient (Wildman–Crippen LogP) is 2.63. The van der Waals surface area contributed by atoms with Gasteiger partial charge in [-0.1, -0.05) is 12.8 Å². The number of nitrogens with zero attached hydrogens (tertiary/aromatic N) is 3. The summed E-state index contributed by atoms with van der Waals surface area (Å²) in [5.74, 6) is 2.23. The molecule has 1 aliphatic carbocycles. The average Bonchev–Trinajstić information content (AvgIpc) is 2.86. The summed E-state index contributed by atoms with van der Waals surface area (Å²) in [5, 5.41) is 12.1. The van der Waals surface area contributed by atoms with Crippen molar-refractivity contribution in [1.29, 1.82) is 0 Å². The smallest absolute Gasteiger partial charge is 0.134 e. The highest BCUT2D eigenvalue weighted by atomic mass is 15.3. The SMILES string of the molecule is Cc1nnc(CCNC(C)(C)C)n1C1CCCC1. The quantitative estimate of drug-likeness (QED) is 0.893. The maximum atomic E-state index is 4.35. The molecule has 0 amide bonds. The van der Waals surface area contributed by atoms with E-state index in [0.717, 1.165) is 24.6 Å². The summed E-state index contributed by atoms with van der Waals surface area (Å²) in [6.07, 6.45) is 6.25. The van der Waals surface area contributed by atoms with Crippen LogP contribution in [0.15, 0.2) is 0 Å². The molecule has 18 heavy (non-hydrogen) atoms. The zero-order valence-electron chi connectivity index (χ0n) is 12.2. The van der Waals surface area contributed by atoms with Gasteiger partial charge in [-0.3, -0.25) is 0 Å². The predicted molar refractivity (Wildman–Crippen MR) is 73.7 cm³/mol. The van der Waals surface area contributed by atoms with Crippen molar-refractivity contribution in [3.05, 3.63) is 11.6 Å². The molecule has 0 unspecified atom stereocenters. The Hall–Kier alpha value is -0.900. The van der Waals surface area contributed by atoms with Gasteiger partial charge in [0.1, 0.15) is 11.6 Å². The lowest BCUT2D eigenvalue weighted by molar-refractivity contribution is 0.419. The number of rotatable bonds is 4. The molecule has 1 aliphatic rings. The van der Waals surface area contributed by atoms with Crippen molar-refractivity contribution >= 4 is 0 Å². The second-order valence-corrected chi connectivity index (χ2v) is 6.40. The van der Waals surface area contributed by atoms with Crippen LogP contribution < -0.4 is 5.32 Å². The number of hydrogen-bond donors (Lipinski definition) is 1. The minimum absolute atomic E-state index is 0.174. The van der Waals surface area contributed by atoms with Crippen LogP contribution in [-0.4, -0.2) is 26.8 Å². The zero-order valence-corrected chi connectivity index (χ0v) is 12.2. The molecular formula is C14H26N4. The lowest BCUT2D eigenvalue weighted by Crippen LogP contribution is -2.37. The van der Waals surface area contributed by atoms with Gasteiger partial charge < -0.3 is 9.88 Å². The molecule has 4 heteroatoms. The molecule has 2 rings (SSSR count). The van der Waals surface area contributed by atoms with Gasteiger partial charge in [0.25, 0.3) is 0 Å². The number of nitrogens with one attached hydrogen (secondary N) is 1. The van der Waals surface area contributed by atoms with Crippen LogP contribution in [0.25, 0.3) is 0 Å². The van der Waals surface area contributed by atoms with Gasteiger partial charge in [0.2, 0.25) is 0 Å². The Morgan fingerprint density at radius 3 is 2.50 bits per heavy atom. The van der Waals surface area contributed by atoms with E-state index in [1.54, 1.807) is 0 Å². The topological polar surface area (TPSA) is 42.7 Å². The van der Waals surface area contributed by atoms with Crippen LogP contribution in [-0.2, 0) is 6.42 Å². The summed E-state index contributed by atoms with van der Waals surface area (Å²) in [5.41, 5.74) is 0.174. The van der Waals surface area contributed by atoms with Gasteiger partial charge in [-0.15, -0.1) is 10.2 Å². The summed E-state index contributed by atoms with van der Waals surface area (Å²) in [7, 11) is 0. The van der Waals surface area contributed by atoms with E-state index >= 15 is 0 Å². The summed E-state index contributed by atoms with van der Waals surface area (Å²) in [6.45, 7) is 9.63. The second-order valence-electron chi connectivity index (χ2n) is 6.40. The Labute approximate surface area is 110 Å². The van der Waals surface area contributed by atoms with E-state index < -0.39 is 0 Å². The molecule has 1 aromatic rings. The zero-order chi connectivity index (χ0) is 13.2. The fourth-order valence-electron chi connectivity index (χ4n) is 2.77. The van der Waals surface area contributed by atoms with Crippen molar-refractivity contribution in [2.75, 3.05) is 6.54 Å². The van der Waals surface area contributed by atoms with Crippen LogP contribution in [0, 0.1) is 6.92 Å². The molecule has 0 bridgehead atoms. The molecule has 0 radical (unpaired) electrons. The molecule has 102 valence electrons. The van der Waals surface area contributed by atoms with Gasteiger partial charge in [0.15, 0.2) is 0 Å². The molecule has 1 heterocycles. The van der Waals surface area contributed by atoms with E-state index in [9.17, 15) is 0 Å². The maximum Gasteiger partial charge on any atom is 0.134 e. The Morgan fingerprint density at radius 1 is 1.22 bits per heavy atom. The third kappa shape index (κ3) is 3.31. The molecule has 0 atom stereocenters. The number of hydrogen-bond acceptors (Lipinski definition) is 3. The van der Waals surface area contributed by atoms with Gasteiger partial charge >= 0.3 is 0 Å². The highest BCUT2D eigenvalue weighted by Gasteiger charge is 2.22.